The Morgan fingerprint density at radius 2 is 1.75 bits per heavy atom. The molecule has 0 amide bonds. The largest absolute Gasteiger partial charge is 0.382 e. The van der Waals surface area contributed by atoms with Crippen LogP contribution in [0.5, 0.6) is 0 Å². The third-order valence-corrected chi connectivity index (χ3v) is 3.43. The van der Waals surface area contributed by atoms with E-state index in [1.165, 1.54) is 5.56 Å². The normalized spacial score (nSPS) is 11.8. The molecule has 0 fully saturated rings. The van der Waals surface area contributed by atoms with Crippen LogP contribution in [0.4, 0.5) is 5.69 Å². The number of aldehydes is 1. The number of benzene rings is 2. The fourth-order valence-corrected chi connectivity index (χ4v) is 2.29. The van der Waals surface area contributed by atoms with Gasteiger partial charge in [-0.05, 0) is 37.0 Å². The average molecular weight is 267 g/mol. The number of anilines is 1. The van der Waals surface area contributed by atoms with E-state index in [1.807, 2.05) is 30.3 Å². The van der Waals surface area contributed by atoms with E-state index in [0.29, 0.717) is 12.5 Å². The summed E-state index contributed by atoms with van der Waals surface area (Å²) in [5, 5.41) is 3.51. The van der Waals surface area contributed by atoms with Crippen LogP contribution >= 0.6 is 0 Å². The molecular formula is C18H21NO. The molecule has 2 aromatic carbocycles. The number of nitrogens with one attached hydrogen (secondary N) is 1. The minimum Gasteiger partial charge on any atom is -0.382 e. The molecular weight excluding hydrogens is 246 g/mol. The van der Waals surface area contributed by atoms with Crippen molar-refractivity contribution < 1.29 is 4.79 Å². The summed E-state index contributed by atoms with van der Waals surface area (Å²) < 4.78 is 0. The lowest BCUT2D eigenvalue weighted by atomic mass is 10.0. The van der Waals surface area contributed by atoms with Crippen LogP contribution in [0.15, 0.2) is 54.6 Å². The summed E-state index contributed by atoms with van der Waals surface area (Å²) in [6, 6.07) is 18.9. The maximum absolute atomic E-state index is 10.7. The van der Waals surface area contributed by atoms with Crippen molar-refractivity contribution in [1.82, 2.24) is 0 Å². The Balaban J connectivity index is 1.91. The first-order chi connectivity index (χ1) is 9.79. The first kappa shape index (κ1) is 14.3. The molecule has 0 radical (unpaired) electrons. The maximum Gasteiger partial charge on any atom is 0.124 e. The van der Waals surface area contributed by atoms with Crippen LogP contribution in [0.2, 0.25) is 0 Å². The predicted octanol–water partition coefficient (Wildman–Crippen LogP) is 3.86. The van der Waals surface area contributed by atoms with E-state index in [1.54, 1.807) is 0 Å². The minimum absolute atomic E-state index is 0.378. The minimum atomic E-state index is 0.378. The summed E-state index contributed by atoms with van der Waals surface area (Å²) in [6.45, 7) is 2.18. The zero-order chi connectivity index (χ0) is 14.2. The van der Waals surface area contributed by atoms with Gasteiger partial charge in [-0.2, -0.15) is 0 Å². The van der Waals surface area contributed by atoms with Crippen molar-refractivity contribution in [2.24, 2.45) is 0 Å². The van der Waals surface area contributed by atoms with Gasteiger partial charge >= 0.3 is 0 Å². The molecule has 0 bridgehead atoms. The molecule has 0 spiro atoms. The Labute approximate surface area is 120 Å². The Bertz CT molecular complexity index is 536. The molecule has 20 heavy (non-hydrogen) atoms. The first-order valence-corrected chi connectivity index (χ1v) is 7.11. The number of carbonyl (C=O) groups is 1. The van der Waals surface area contributed by atoms with Crippen molar-refractivity contribution in [3.8, 4) is 0 Å². The molecule has 0 aliphatic rings. The van der Waals surface area contributed by atoms with Crippen LogP contribution in [0.3, 0.4) is 0 Å². The number of rotatable bonds is 7. The van der Waals surface area contributed by atoms with Gasteiger partial charge in [-0.1, -0.05) is 48.5 Å². The van der Waals surface area contributed by atoms with E-state index in [4.69, 9.17) is 0 Å². The highest BCUT2D eigenvalue weighted by molar-refractivity contribution is 5.62. The van der Waals surface area contributed by atoms with Crippen molar-refractivity contribution in [1.29, 1.82) is 0 Å². The highest BCUT2D eigenvalue weighted by atomic mass is 16.1. The first-order valence-electron chi connectivity index (χ1n) is 7.11. The average Bonchev–Trinajstić information content (AvgIpc) is 2.49. The highest BCUT2D eigenvalue weighted by Crippen LogP contribution is 2.17. The third-order valence-electron chi connectivity index (χ3n) is 3.43. The monoisotopic (exact) mass is 267 g/mol. The van der Waals surface area contributed by atoms with Gasteiger partial charge in [0.05, 0.1) is 0 Å². The van der Waals surface area contributed by atoms with Crippen LogP contribution in [0, 0.1) is 0 Å². The summed E-state index contributed by atoms with van der Waals surface area (Å²) in [7, 11) is 0. The van der Waals surface area contributed by atoms with Gasteiger partial charge in [-0.15, -0.1) is 0 Å². The van der Waals surface area contributed by atoms with E-state index in [2.05, 4.69) is 36.5 Å². The number of hydrogen-bond acceptors (Lipinski definition) is 2. The highest BCUT2D eigenvalue weighted by Gasteiger charge is 2.06. The summed E-state index contributed by atoms with van der Waals surface area (Å²) in [4.78, 5) is 10.7. The summed E-state index contributed by atoms with van der Waals surface area (Å²) in [6.07, 6.45) is 3.55. The smallest absolute Gasteiger partial charge is 0.124 e. The van der Waals surface area contributed by atoms with Crippen LogP contribution < -0.4 is 5.32 Å². The molecule has 104 valence electrons. The molecule has 0 saturated heterocycles. The van der Waals surface area contributed by atoms with Gasteiger partial charge in [-0.3, -0.25) is 0 Å². The van der Waals surface area contributed by atoms with Crippen molar-refractivity contribution in [2.75, 3.05) is 5.32 Å². The number of aryl methyl sites for hydroxylation is 1. The molecule has 1 atom stereocenters. The molecule has 1 N–H and O–H groups in total. The Kier molecular flexibility index (Phi) is 5.36. The van der Waals surface area contributed by atoms with Crippen molar-refractivity contribution in [3.63, 3.8) is 0 Å². The molecule has 2 rings (SSSR count). The van der Waals surface area contributed by atoms with Crippen molar-refractivity contribution in [3.05, 3.63) is 65.7 Å². The molecule has 0 aliphatic heterocycles. The number of carbonyl (C=O) groups excluding carboxylic acids is 1. The lowest BCUT2D eigenvalue weighted by Gasteiger charge is -2.17. The van der Waals surface area contributed by atoms with E-state index in [-0.39, 0.29) is 0 Å². The quantitative estimate of drug-likeness (QED) is 0.772. The Hall–Kier alpha value is -2.09. The van der Waals surface area contributed by atoms with Gasteiger partial charge in [0.25, 0.3) is 0 Å². The molecule has 2 nitrogen and oxygen atoms in total. The SMILES string of the molecule is CC(CCc1ccccc1)Nc1ccccc1CC=O. The van der Waals surface area contributed by atoms with Gasteiger partial charge in [0.2, 0.25) is 0 Å². The van der Waals surface area contributed by atoms with E-state index in [0.717, 1.165) is 30.4 Å². The molecule has 0 heterocycles. The van der Waals surface area contributed by atoms with E-state index in [9.17, 15) is 4.79 Å². The molecule has 2 heteroatoms. The van der Waals surface area contributed by atoms with Gasteiger partial charge < -0.3 is 10.1 Å². The topological polar surface area (TPSA) is 29.1 Å². The zero-order valence-corrected chi connectivity index (χ0v) is 11.9. The van der Waals surface area contributed by atoms with Gasteiger partial charge in [0.15, 0.2) is 0 Å². The standard InChI is InChI=1S/C18H21NO/c1-15(11-12-16-7-3-2-4-8-16)19-18-10-6-5-9-17(18)13-14-20/h2-10,14-15,19H,11-13H2,1H3. The maximum atomic E-state index is 10.7. The van der Waals surface area contributed by atoms with Crippen LogP contribution in [0.1, 0.15) is 24.5 Å². The third kappa shape index (κ3) is 4.23. The fraction of sp³-hybridized carbons (Fsp3) is 0.278. The lowest BCUT2D eigenvalue weighted by molar-refractivity contribution is -0.107. The van der Waals surface area contributed by atoms with Crippen molar-refractivity contribution in [2.45, 2.75) is 32.2 Å². The predicted molar refractivity (Wildman–Crippen MR) is 84.1 cm³/mol. The molecule has 0 aliphatic carbocycles. The molecule has 1 unspecified atom stereocenters. The lowest BCUT2D eigenvalue weighted by Crippen LogP contribution is -2.17. The van der Waals surface area contributed by atoms with Crippen LogP contribution in [-0.4, -0.2) is 12.3 Å². The number of hydrogen-bond donors (Lipinski definition) is 1. The Morgan fingerprint density at radius 3 is 2.50 bits per heavy atom. The molecule has 0 aromatic heterocycles. The second-order valence-corrected chi connectivity index (χ2v) is 5.10. The molecule has 2 aromatic rings. The second kappa shape index (κ2) is 7.49. The zero-order valence-electron chi connectivity index (χ0n) is 11.9. The summed E-state index contributed by atoms with van der Waals surface area (Å²) >= 11 is 0. The molecule has 0 saturated carbocycles. The van der Waals surface area contributed by atoms with E-state index < -0.39 is 0 Å². The van der Waals surface area contributed by atoms with Crippen molar-refractivity contribution >= 4 is 12.0 Å². The summed E-state index contributed by atoms with van der Waals surface area (Å²) in [5.74, 6) is 0. The summed E-state index contributed by atoms with van der Waals surface area (Å²) in [5.41, 5.74) is 3.50. The van der Waals surface area contributed by atoms with E-state index >= 15 is 0 Å². The Morgan fingerprint density at radius 1 is 1.05 bits per heavy atom. The van der Waals surface area contributed by atoms with Crippen LogP contribution in [-0.2, 0) is 17.6 Å². The van der Waals surface area contributed by atoms with Gasteiger partial charge in [-0.25, -0.2) is 0 Å². The number of para-hydroxylation sites is 1. The fourth-order valence-electron chi connectivity index (χ4n) is 2.29. The van der Waals surface area contributed by atoms with Crippen LogP contribution in [0.25, 0.3) is 0 Å². The second-order valence-electron chi connectivity index (χ2n) is 5.10. The van der Waals surface area contributed by atoms with Gasteiger partial charge in [0.1, 0.15) is 6.29 Å². The van der Waals surface area contributed by atoms with Gasteiger partial charge in [0, 0.05) is 18.2 Å².